The summed E-state index contributed by atoms with van der Waals surface area (Å²) in [6.45, 7) is 3.84. The SMILES string of the molecule is CCCCC(CC)C(=O)c1ccccc1C(F)(F)F. The van der Waals surface area contributed by atoms with E-state index in [1.54, 1.807) is 0 Å². The van der Waals surface area contributed by atoms with Crippen molar-refractivity contribution in [3.05, 3.63) is 35.4 Å². The first-order chi connectivity index (χ1) is 8.91. The topological polar surface area (TPSA) is 17.1 Å². The van der Waals surface area contributed by atoms with Crippen molar-refractivity contribution in [1.29, 1.82) is 0 Å². The molecule has 1 aromatic carbocycles. The summed E-state index contributed by atoms with van der Waals surface area (Å²) in [6, 6.07) is 5.04. The van der Waals surface area contributed by atoms with Crippen LogP contribution in [-0.4, -0.2) is 5.78 Å². The van der Waals surface area contributed by atoms with Gasteiger partial charge in [0.25, 0.3) is 0 Å². The molecule has 0 fully saturated rings. The fourth-order valence-electron chi connectivity index (χ4n) is 2.14. The lowest BCUT2D eigenvalue weighted by Gasteiger charge is -2.17. The van der Waals surface area contributed by atoms with Crippen LogP contribution >= 0.6 is 0 Å². The zero-order valence-electron chi connectivity index (χ0n) is 11.3. The number of alkyl halides is 3. The maximum absolute atomic E-state index is 12.9. The first kappa shape index (κ1) is 15.7. The Balaban J connectivity index is 3.05. The van der Waals surface area contributed by atoms with Crippen molar-refractivity contribution in [3.8, 4) is 0 Å². The third-order valence-electron chi connectivity index (χ3n) is 3.27. The normalized spacial score (nSPS) is 13.3. The molecule has 0 saturated heterocycles. The fourth-order valence-corrected chi connectivity index (χ4v) is 2.14. The standard InChI is InChI=1S/C15H19F3O/c1-3-5-8-11(4-2)14(19)12-9-6-7-10-13(12)15(16,17)18/h6-7,9-11H,3-5,8H2,1-2H3. The van der Waals surface area contributed by atoms with Gasteiger partial charge in [-0.05, 0) is 18.9 Å². The lowest BCUT2D eigenvalue weighted by molar-refractivity contribution is -0.137. The molecule has 1 unspecified atom stereocenters. The molecular weight excluding hydrogens is 253 g/mol. The summed E-state index contributed by atoms with van der Waals surface area (Å²) in [4.78, 5) is 12.2. The number of benzene rings is 1. The van der Waals surface area contributed by atoms with Crippen LogP contribution in [0, 0.1) is 5.92 Å². The largest absolute Gasteiger partial charge is 0.417 e. The van der Waals surface area contributed by atoms with Gasteiger partial charge in [-0.3, -0.25) is 4.79 Å². The van der Waals surface area contributed by atoms with Crippen molar-refractivity contribution < 1.29 is 18.0 Å². The van der Waals surface area contributed by atoms with E-state index in [0.29, 0.717) is 12.8 Å². The average molecular weight is 272 g/mol. The molecule has 19 heavy (non-hydrogen) atoms. The maximum atomic E-state index is 12.9. The Labute approximate surface area is 111 Å². The van der Waals surface area contributed by atoms with Gasteiger partial charge in [0.15, 0.2) is 5.78 Å². The highest BCUT2D eigenvalue weighted by Gasteiger charge is 2.35. The van der Waals surface area contributed by atoms with Crippen LogP contribution in [0.3, 0.4) is 0 Å². The summed E-state index contributed by atoms with van der Waals surface area (Å²) in [5.41, 5.74) is -1.02. The Morgan fingerprint density at radius 1 is 1.21 bits per heavy atom. The molecule has 0 amide bonds. The van der Waals surface area contributed by atoms with Gasteiger partial charge in [0.05, 0.1) is 5.56 Å². The molecule has 0 aliphatic carbocycles. The second kappa shape index (κ2) is 6.73. The lowest BCUT2D eigenvalue weighted by atomic mass is 9.88. The molecule has 0 aromatic heterocycles. The van der Waals surface area contributed by atoms with Crippen molar-refractivity contribution >= 4 is 5.78 Å². The molecule has 106 valence electrons. The monoisotopic (exact) mass is 272 g/mol. The van der Waals surface area contributed by atoms with Gasteiger partial charge in [-0.15, -0.1) is 0 Å². The molecular formula is C15H19F3O. The van der Waals surface area contributed by atoms with Crippen molar-refractivity contribution in [2.45, 2.75) is 45.7 Å². The molecule has 0 aliphatic heterocycles. The zero-order valence-corrected chi connectivity index (χ0v) is 11.3. The molecule has 0 bridgehead atoms. The summed E-state index contributed by atoms with van der Waals surface area (Å²) in [5.74, 6) is -0.702. The van der Waals surface area contributed by atoms with E-state index in [1.165, 1.54) is 18.2 Å². The molecule has 4 heteroatoms. The number of ketones is 1. The number of unbranched alkanes of at least 4 members (excludes halogenated alkanes) is 1. The van der Waals surface area contributed by atoms with Crippen LogP contribution in [0.15, 0.2) is 24.3 Å². The van der Waals surface area contributed by atoms with E-state index in [2.05, 4.69) is 0 Å². The van der Waals surface area contributed by atoms with Gasteiger partial charge in [0.2, 0.25) is 0 Å². The van der Waals surface area contributed by atoms with E-state index in [4.69, 9.17) is 0 Å². The number of carbonyl (C=O) groups excluding carboxylic acids is 1. The first-order valence-corrected chi connectivity index (χ1v) is 6.62. The van der Waals surface area contributed by atoms with Crippen LogP contribution < -0.4 is 0 Å². The third kappa shape index (κ3) is 4.08. The molecule has 1 rings (SSSR count). The Kier molecular flexibility index (Phi) is 5.58. The van der Waals surface area contributed by atoms with Crippen molar-refractivity contribution in [2.24, 2.45) is 5.92 Å². The highest BCUT2D eigenvalue weighted by atomic mass is 19.4. The van der Waals surface area contributed by atoms with Gasteiger partial charge in [0, 0.05) is 11.5 Å². The van der Waals surface area contributed by atoms with Crippen LogP contribution in [0.5, 0.6) is 0 Å². The molecule has 0 saturated carbocycles. The minimum Gasteiger partial charge on any atom is -0.294 e. The fraction of sp³-hybridized carbons (Fsp3) is 0.533. The number of Topliss-reactive ketones (excluding diaryl/α,β-unsaturated/α-hetero) is 1. The zero-order chi connectivity index (χ0) is 14.5. The summed E-state index contributed by atoms with van der Waals surface area (Å²) in [6.07, 6.45) is -1.46. The van der Waals surface area contributed by atoms with Crippen molar-refractivity contribution in [2.75, 3.05) is 0 Å². The number of hydrogen-bond donors (Lipinski definition) is 0. The minimum atomic E-state index is -4.48. The maximum Gasteiger partial charge on any atom is 0.417 e. The van der Waals surface area contributed by atoms with Crippen molar-refractivity contribution in [3.63, 3.8) is 0 Å². The number of halogens is 3. The average Bonchev–Trinajstić information content (AvgIpc) is 2.38. The van der Waals surface area contributed by atoms with Crippen LogP contribution in [-0.2, 0) is 6.18 Å². The lowest BCUT2D eigenvalue weighted by Crippen LogP contribution is -2.19. The van der Waals surface area contributed by atoms with E-state index < -0.39 is 11.7 Å². The molecule has 0 heterocycles. The number of rotatable bonds is 6. The highest BCUT2D eigenvalue weighted by Crippen LogP contribution is 2.33. The predicted molar refractivity (Wildman–Crippen MR) is 69.1 cm³/mol. The van der Waals surface area contributed by atoms with Gasteiger partial charge in [0.1, 0.15) is 0 Å². The Morgan fingerprint density at radius 3 is 2.37 bits per heavy atom. The van der Waals surface area contributed by atoms with Gasteiger partial charge in [-0.1, -0.05) is 44.9 Å². The van der Waals surface area contributed by atoms with Gasteiger partial charge in [-0.2, -0.15) is 13.2 Å². The summed E-state index contributed by atoms with van der Waals surface area (Å²) in [7, 11) is 0. The molecule has 1 aromatic rings. The van der Waals surface area contributed by atoms with E-state index in [0.717, 1.165) is 18.9 Å². The van der Waals surface area contributed by atoms with Crippen molar-refractivity contribution in [1.82, 2.24) is 0 Å². The molecule has 1 nitrogen and oxygen atoms in total. The van der Waals surface area contributed by atoms with Gasteiger partial charge in [-0.25, -0.2) is 0 Å². The quantitative estimate of drug-likeness (QED) is 0.658. The smallest absolute Gasteiger partial charge is 0.294 e. The highest BCUT2D eigenvalue weighted by molar-refractivity contribution is 5.99. The van der Waals surface area contributed by atoms with Crippen LogP contribution in [0.2, 0.25) is 0 Å². The van der Waals surface area contributed by atoms with E-state index in [9.17, 15) is 18.0 Å². The first-order valence-electron chi connectivity index (χ1n) is 6.62. The Hall–Kier alpha value is -1.32. The van der Waals surface area contributed by atoms with Crippen LogP contribution in [0.25, 0.3) is 0 Å². The molecule has 0 spiro atoms. The third-order valence-corrected chi connectivity index (χ3v) is 3.27. The van der Waals surface area contributed by atoms with Gasteiger partial charge >= 0.3 is 6.18 Å². The molecule has 0 radical (unpaired) electrons. The number of hydrogen-bond acceptors (Lipinski definition) is 1. The second-order valence-corrected chi connectivity index (χ2v) is 4.65. The van der Waals surface area contributed by atoms with E-state index in [-0.39, 0.29) is 17.3 Å². The minimum absolute atomic E-state index is 0.196. The van der Waals surface area contributed by atoms with Crippen LogP contribution in [0.1, 0.15) is 55.5 Å². The van der Waals surface area contributed by atoms with E-state index in [1.807, 2.05) is 13.8 Å². The summed E-state index contributed by atoms with van der Waals surface area (Å²) in [5, 5.41) is 0. The molecule has 0 N–H and O–H groups in total. The predicted octanol–water partition coefficient (Wildman–Crippen LogP) is 5.10. The summed E-state index contributed by atoms with van der Waals surface area (Å²) >= 11 is 0. The Bertz CT molecular complexity index is 424. The van der Waals surface area contributed by atoms with E-state index >= 15 is 0 Å². The van der Waals surface area contributed by atoms with Crippen LogP contribution in [0.4, 0.5) is 13.2 Å². The molecule has 0 aliphatic rings. The second-order valence-electron chi connectivity index (χ2n) is 4.65. The van der Waals surface area contributed by atoms with Gasteiger partial charge < -0.3 is 0 Å². The number of carbonyl (C=O) groups is 1. The summed E-state index contributed by atoms with van der Waals surface area (Å²) < 4.78 is 38.6. The molecule has 1 atom stereocenters. The Morgan fingerprint density at radius 2 is 1.84 bits per heavy atom.